The summed E-state index contributed by atoms with van der Waals surface area (Å²) in [5.41, 5.74) is 9.63. The third kappa shape index (κ3) is 1.62. The standard InChI is InChI=1S/C14H16N2O/c15-14(17)11-7-4-6-10-9-5-2-1-3-8-12(9)16-13(10)11/h4,6-7,16H,1-3,5,8H2,(H2,15,17). The lowest BCUT2D eigenvalue weighted by Gasteiger charge is -1.99. The second kappa shape index (κ2) is 3.91. The Morgan fingerprint density at radius 2 is 2.00 bits per heavy atom. The van der Waals surface area contributed by atoms with E-state index in [9.17, 15) is 4.79 Å². The number of aromatic nitrogens is 1. The zero-order chi connectivity index (χ0) is 11.8. The summed E-state index contributed by atoms with van der Waals surface area (Å²) in [5, 5.41) is 1.18. The summed E-state index contributed by atoms with van der Waals surface area (Å²) in [6.45, 7) is 0. The molecule has 1 heterocycles. The van der Waals surface area contributed by atoms with Gasteiger partial charge in [0, 0.05) is 11.1 Å². The van der Waals surface area contributed by atoms with Gasteiger partial charge in [-0.2, -0.15) is 0 Å². The molecule has 1 aromatic heterocycles. The van der Waals surface area contributed by atoms with Crippen molar-refractivity contribution in [3.05, 3.63) is 35.0 Å². The van der Waals surface area contributed by atoms with Gasteiger partial charge in [-0.15, -0.1) is 0 Å². The quantitative estimate of drug-likeness (QED) is 0.724. The Kier molecular flexibility index (Phi) is 2.39. The lowest BCUT2D eigenvalue weighted by molar-refractivity contribution is 0.100. The molecule has 0 aliphatic heterocycles. The molecular formula is C14H16N2O. The number of carbonyl (C=O) groups is 1. The molecule has 3 heteroatoms. The molecular weight excluding hydrogens is 212 g/mol. The van der Waals surface area contributed by atoms with E-state index in [4.69, 9.17) is 5.73 Å². The van der Waals surface area contributed by atoms with Crippen LogP contribution in [0, 0.1) is 0 Å². The highest BCUT2D eigenvalue weighted by Crippen LogP contribution is 2.29. The number of fused-ring (bicyclic) bond motifs is 3. The largest absolute Gasteiger partial charge is 0.366 e. The van der Waals surface area contributed by atoms with E-state index in [1.165, 1.54) is 35.9 Å². The van der Waals surface area contributed by atoms with Gasteiger partial charge in [0.05, 0.1) is 11.1 Å². The molecule has 1 aliphatic carbocycles. The van der Waals surface area contributed by atoms with Gasteiger partial charge in [0.2, 0.25) is 0 Å². The normalized spacial score (nSPS) is 15.5. The number of benzene rings is 1. The summed E-state index contributed by atoms with van der Waals surface area (Å²) >= 11 is 0. The highest BCUT2D eigenvalue weighted by Gasteiger charge is 2.17. The molecule has 0 fully saturated rings. The van der Waals surface area contributed by atoms with Crippen molar-refractivity contribution < 1.29 is 4.79 Å². The van der Waals surface area contributed by atoms with Gasteiger partial charge < -0.3 is 10.7 Å². The number of amides is 1. The number of carbonyl (C=O) groups excluding carboxylic acids is 1. The average Bonchev–Trinajstić information content (AvgIpc) is 2.52. The van der Waals surface area contributed by atoms with E-state index in [2.05, 4.69) is 11.1 Å². The van der Waals surface area contributed by atoms with Crippen molar-refractivity contribution in [2.24, 2.45) is 5.73 Å². The second-order valence-corrected chi connectivity index (χ2v) is 4.74. The van der Waals surface area contributed by atoms with Gasteiger partial charge in [0.25, 0.3) is 5.91 Å². The molecule has 0 saturated carbocycles. The molecule has 88 valence electrons. The van der Waals surface area contributed by atoms with Gasteiger partial charge in [0.15, 0.2) is 0 Å². The molecule has 1 aromatic carbocycles. The lowest BCUT2D eigenvalue weighted by Crippen LogP contribution is -2.11. The highest BCUT2D eigenvalue weighted by atomic mass is 16.1. The molecule has 3 N–H and O–H groups in total. The fourth-order valence-corrected chi connectivity index (χ4v) is 2.81. The Morgan fingerprint density at radius 3 is 2.82 bits per heavy atom. The summed E-state index contributed by atoms with van der Waals surface area (Å²) in [6.07, 6.45) is 5.95. The number of rotatable bonds is 1. The van der Waals surface area contributed by atoms with Gasteiger partial charge in [-0.1, -0.05) is 18.6 Å². The van der Waals surface area contributed by atoms with E-state index in [1.54, 1.807) is 6.07 Å². The van der Waals surface area contributed by atoms with Crippen LogP contribution in [0.1, 0.15) is 40.9 Å². The van der Waals surface area contributed by atoms with Gasteiger partial charge >= 0.3 is 0 Å². The van der Waals surface area contributed by atoms with Crippen LogP contribution < -0.4 is 5.73 Å². The first-order valence-corrected chi connectivity index (χ1v) is 6.19. The predicted molar refractivity (Wildman–Crippen MR) is 68.1 cm³/mol. The number of nitrogens with one attached hydrogen (secondary N) is 1. The summed E-state index contributed by atoms with van der Waals surface area (Å²) < 4.78 is 0. The van der Waals surface area contributed by atoms with Gasteiger partial charge in [-0.3, -0.25) is 4.79 Å². The third-order valence-electron chi connectivity index (χ3n) is 3.65. The Morgan fingerprint density at radius 1 is 1.18 bits per heavy atom. The molecule has 3 rings (SSSR count). The number of primary amides is 1. The molecule has 1 amide bonds. The number of aryl methyl sites for hydroxylation is 2. The predicted octanol–water partition coefficient (Wildman–Crippen LogP) is 2.54. The smallest absolute Gasteiger partial charge is 0.250 e. The fraction of sp³-hybridized carbons (Fsp3) is 0.357. The minimum Gasteiger partial charge on any atom is -0.366 e. The van der Waals surface area contributed by atoms with Crippen LogP contribution in [0.2, 0.25) is 0 Å². The van der Waals surface area contributed by atoms with Crippen LogP contribution in [0.15, 0.2) is 18.2 Å². The summed E-state index contributed by atoms with van der Waals surface area (Å²) in [6, 6.07) is 5.80. The van der Waals surface area contributed by atoms with Crippen molar-refractivity contribution in [1.82, 2.24) is 4.98 Å². The van der Waals surface area contributed by atoms with Crippen molar-refractivity contribution in [2.45, 2.75) is 32.1 Å². The van der Waals surface area contributed by atoms with Crippen LogP contribution in [-0.2, 0) is 12.8 Å². The maximum absolute atomic E-state index is 11.4. The summed E-state index contributed by atoms with van der Waals surface area (Å²) in [5.74, 6) is -0.355. The topological polar surface area (TPSA) is 58.9 Å². The number of nitrogens with two attached hydrogens (primary N) is 1. The summed E-state index contributed by atoms with van der Waals surface area (Å²) in [7, 11) is 0. The Balaban J connectivity index is 2.27. The molecule has 0 radical (unpaired) electrons. The number of H-pyrrole nitrogens is 1. The summed E-state index contributed by atoms with van der Waals surface area (Å²) in [4.78, 5) is 14.8. The van der Waals surface area contributed by atoms with Crippen LogP contribution >= 0.6 is 0 Å². The van der Waals surface area contributed by atoms with Crippen LogP contribution in [0.25, 0.3) is 10.9 Å². The first kappa shape index (κ1) is 10.4. The van der Waals surface area contributed by atoms with Crippen LogP contribution in [0.5, 0.6) is 0 Å². The van der Waals surface area contributed by atoms with E-state index in [0.717, 1.165) is 18.4 Å². The van der Waals surface area contributed by atoms with Crippen LogP contribution in [0.4, 0.5) is 0 Å². The lowest BCUT2D eigenvalue weighted by atomic mass is 10.0. The van der Waals surface area contributed by atoms with E-state index < -0.39 is 0 Å². The van der Waals surface area contributed by atoms with Crippen molar-refractivity contribution in [1.29, 1.82) is 0 Å². The molecule has 1 aliphatic rings. The van der Waals surface area contributed by atoms with E-state index >= 15 is 0 Å². The Hall–Kier alpha value is -1.77. The molecule has 3 nitrogen and oxygen atoms in total. The minimum atomic E-state index is -0.355. The van der Waals surface area contributed by atoms with Gasteiger partial charge in [-0.25, -0.2) is 0 Å². The van der Waals surface area contributed by atoms with Crippen molar-refractivity contribution in [3.63, 3.8) is 0 Å². The SMILES string of the molecule is NC(=O)c1cccc2c3c([nH]c12)CCCCC3. The van der Waals surface area contributed by atoms with Crippen molar-refractivity contribution >= 4 is 16.8 Å². The zero-order valence-electron chi connectivity index (χ0n) is 9.75. The molecule has 0 atom stereocenters. The minimum absolute atomic E-state index is 0.355. The van der Waals surface area contributed by atoms with Crippen LogP contribution in [0.3, 0.4) is 0 Å². The fourth-order valence-electron chi connectivity index (χ4n) is 2.81. The Labute approximate surface area is 100 Å². The maximum Gasteiger partial charge on any atom is 0.250 e. The third-order valence-corrected chi connectivity index (χ3v) is 3.65. The average molecular weight is 228 g/mol. The van der Waals surface area contributed by atoms with Gasteiger partial charge in [0.1, 0.15) is 0 Å². The Bertz CT molecular complexity index is 583. The molecule has 0 spiro atoms. The van der Waals surface area contributed by atoms with Crippen molar-refractivity contribution in [2.75, 3.05) is 0 Å². The second-order valence-electron chi connectivity index (χ2n) is 4.74. The number of hydrogen-bond acceptors (Lipinski definition) is 1. The number of aromatic amines is 1. The monoisotopic (exact) mass is 228 g/mol. The highest BCUT2D eigenvalue weighted by molar-refractivity contribution is 6.06. The van der Waals surface area contributed by atoms with E-state index in [0.29, 0.717) is 5.56 Å². The zero-order valence-corrected chi connectivity index (χ0v) is 9.75. The molecule has 17 heavy (non-hydrogen) atoms. The molecule has 0 saturated heterocycles. The molecule has 0 unspecified atom stereocenters. The number of para-hydroxylation sites is 1. The van der Waals surface area contributed by atoms with E-state index in [-0.39, 0.29) is 5.91 Å². The number of hydrogen-bond donors (Lipinski definition) is 2. The first-order valence-electron chi connectivity index (χ1n) is 6.19. The first-order chi connectivity index (χ1) is 8.27. The molecule has 2 aromatic rings. The van der Waals surface area contributed by atoms with Gasteiger partial charge in [-0.05, 0) is 37.3 Å². The van der Waals surface area contributed by atoms with Crippen molar-refractivity contribution in [3.8, 4) is 0 Å². The van der Waals surface area contributed by atoms with Crippen LogP contribution in [-0.4, -0.2) is 10.9 Å². The molecule has 0 bridgehead atoms. The maximum atomic E-state index is 11.4. The van der Waals surface area contributed by atoms with E-state index in [1.807, 2.05) is 6.07 Å².